The van der Waals surface area contributed by atoms with Crippen LogP contribution in [-0.2, 0) is 17.1 Å². The molecule has 0 atom stereocenters. The third-order valence-corrected chi connectivity index (χ3v) is 4.41. The van der Waals surface area contributed by atoms with E-state index in [9.17, 15) is 4.79 Å². The van der Waals surface area contributed by atoms with Gasteiger partial charge in [0.2, 0.25) is 5.91 Å². The number of hydrogen-bond acceptors (Lipinski definition) is 3. The zero-order valence-electron chi connectivity index (χ0n) is 13.0. The van der Waals surface area contributed by atoms with Gasteiger partial charge in [-0.15, -0.1) is 11.8 Å². The van der Waals surface area contributed by atoms with Gasteiger partial charge < -0.3 is 0 Å². The molecule has 0 fully saturated rings. The van der Waals surface area contributed by atoms with Crippen molar-refractivity contribution in [1.82, 2.24) is 10.9 Å². The van der Waals surface area contributed by atoms with Crippen molar-refractivity contribution in [1.29, 1.82) is 0 Å². The predicted octanol–water partition coefficient (Wildman–Crippen LogP) is 3.76. The number of benzene rings is 2. The Hall–Kier alpha value is -1.78. The molecule has 0 aliphatic carbocycles. The quantitative estimate of drug-likeness (QED) is 0.604. The molecule has 0 saturated heterocycles. The van der Waals surface area contributed by atoms with Gasteiger partial charge in [-0.25, -0.2) is 5.43 Å². The lowest BCUT2D eigenvalue weighted by molar-refractivity contribution is -0.125. The second kappa shape index (κ2) is 8.61. The molecule has 0 aliphatic heterocycles. The summed E-state index contributed by atoms with van der Waals surface area (Å²) in [5.41, 5.74) is 8.24. The van der Waals surface area contributed by atoms with Crippen molar-refractivity contribution in [2.45, 2.75) is 31.0 Å². The number of carbonyl (C=O) groups is 1. The fourth-order valence-electron chi connectivity index (χ4n) is 1.90. The van der Waals surface area contributed by atoms with E-state index in [2.05, 4.69) is 47.2 Å². The molecule has 0 bridgehead atoms. The average molecular weight is 314 g/mol. The van der Waals surface area contributed by atoms with Gasteiger partial charge in [-0.05, 0) is 17.2 Å². The minimum absolute atomic E-state index is 0.00872. The number of hydrogen-bond donors (Lipinski definition) is 2. The molecule has 2 aromatic carbocycles. The topological polar surface area (TPSA) is 41.1 Å². The molecule has 0 unspecified atom stereocenters. The highest BCUT2D eigenvalue weighted by atomic mass is 32.2. The van der Waals surface area contributed by atoms with Gasteiger partial charge in [0.05, 0.1) is 0 Å². The standard InChI is InChI=1S/C18H22N2OS/c1-14(2)18(21)20-19-12-16-10-6-7-11-17(16)22-13-15-8-4-3-5-9-15/h3-11,14,19H,12-13H2,1-2H3,(H,20,21). The van der Waals surface area contributed by atoms with E-state index in [1.807, 2.05) is 43.8 Å². The number of hydrazine groups is 1. The van der Waals surface area contributed by atoms with Gasteiger partial charge in [-0.2, -0.15) is 0 Å². The third kappa shape index (κ3) is 5.20. The van der Waals surface area contributed by atoms with E-state index in [4.69, 9.17) is 0 Å². The van der Waals surface area contributed by atoms with Crippen molar-refractivity contribution in [2.75, 3.05) is 0 Å². The summed E-state index contributed by atoms with van der Waals surface area (Å²) in [5, 5.41) is 0. The Morgan fingerprint density at radius 1 is 1.05 bits per heavy atom. The zero-order valence-corrected chi connectivity index (χ0v) is 13.8. The average Bonchev–Trinajstić information content (AvgIpc) is 2.54. The Morgan fingerprint density at radius 3 is 2.45 bits per heavy atom. The van der Waals surface area contributed by atoms with Crippen molar-refractivity contribution in [3.05, 3.63) is 65.7 Å². The van der Waals surface area contributed by atoms with E-state index in [0.29, 0.717) is 6.54 Å². The van der Waals surface area contributed by atoms with Gasteiger partial charge in [0.1, 0.15) is 0 Å². The summed E-state index contributed by atoms with van der Waals surface area (Å²) in [6, 6.07) is 18.7. The van der Waals surface area contributed by atoms with Crippen LogP contribution in [0.2, 0.25) is 0 Å². The highest BCUT2D eigenvalue weighted by Gasteiger charge is 2.07. The molecule has 2 rings (SSSR count). The fraction of sp³-hybridized carbons (Fsp3) is 0.278. The molecule has 22 heavy (non-hydrogen) atoms. The molecule has 0 heterocycles. The van der Waals surface area contributed by atoms with Gasteiger partial charge in [-0.3, -0.25) is 10.2 Å². The minimum Gasteiger partial charge on any atom is -0.291 e. The summed E-state index contributed by atoms with van der Waals surface area (Å²) in [4.78, 5) is 12.8. The number of thioether (sulfide) groups is 1. The summed E-state index contributed by atoms with van der Waals surface area (Å²) >= 11 is 1.81. The maximum absolute atomic E-state index is 11.5. The van der Waals surface area contributed by atoms with Crippen LogP contribution in [0.3, 0.4) is 0 Å². The number of carbonyl (C=O) groups excluding carboxylic acids is 1. The Kier molecular flexibility index (Phi) is 6.49. The van der Waals surface area contributed by atoms with E-state index in [1.165, 1.54) is 16.0 Å². The number of rotatable bonds is 7. The van der Waals surface area contributed by atoms with Crippen LogP contribution >= 0.6 is 11.8 Å². The largest absolute Gasteiger partial charge is 0.291 e. The third-order valence-electron chi connectivity index (χ3n) is 3.22. The molecule has 1 amide bonds. The van der Waals surface area contributed by atoms with E-state index < -0.39 is 0 Å². The second-order valence-corrected chi connectivity index (χ2v) is 6.40. The van der Waals surface area contributed by atoms with Crippen LogP contribution in [0.5, 0.6) is 0 Å². The maximum Gasteiger partial charge on any atom is 0.236 e. The summed E-state index contributed by atoms with van der Waals surface area (Å²) in [6.45, 7) is 4.37. The van der Waals surface area contributed by atoms with Crippen LogP contribution < -0.4 is 10.9 Å². The van der Waals surface area contributed by atoms with Crippen LogP contribution in [0, 0.1) is 5.92 Å². The monoisotopic (exact) mass is 314 g/mol. The first-order valence-electron chi connectivity index (χ1n) is 7.44. The van der Waals surface area contributed by atoms with Gasteiger partial charge in [-0.1, -0.05) is 62.4 Å². The lowest BCUT2D eigenvalue weighted by Gasteiger charge is -2.12. The molecule has 0 radical (unpaired) electrons. The second-order valence-electron chi connectivity index (χ2n) is 5.38. The van der Waals surface area contributed by atoms with Crippen molar-refractivity contribution in [3.63, 3.8) is 0 Å². The first-order valence-corrected chi connectivity index (χ1v) is 8.42. The number of amides is 1. The molecule has 0 aliphatic rings. The Bertz CT molecular complexity index is 599. The molecule has 4 heteroatoms. The molecular formula is C18H22N2OS. The van der Waals surface area contributed by atoms with Crippen molar-refractivity contribution in [3.8, 4) is 0 Å². The van der Waals surface area contributed by atoms with E-state index in [0.717, 1.165) is 5.75 Å². The van der Waals surface area contributed by atoms with Crippen LogP contribution in [0.25, 0.3) is 0 Å². The van der Waals surface area contributed by atoms with Crippen LogP contribution in [0.15, 0.2) is 59.5 Å². The van der Waals surface area contributed by atoms with Crippen molar-refractivity contribution < 1.29 is 4.79 Å². The first-order chi connectivity index (χ1) is 10.7. The molecule has 0 saturated carbocycles. The van der Waals surface area contributed by atoms with E-state index >= 15 is 0 Å². The van der Waals surface area contributed by atoms with Crippen LogP contribution in [0.4, 0.5) is 0 Å². The maximum atomic E-state index is 11.5. The molecule has 0 spiro atoms. The molecule has 2 aromatic rings. The fourth-order valence-corrected chi connectivity index (χ4v) is 2.91. The molecule has 116 valence electrons. The van der Waals surface area contributed by atoms with Crippen LogP contribution in [-0.4, -0.2) is 5.91 Å². The smallest absolute Gasteiger partial charge is 0.236 e. The van der Waals surface area contributed by atoms with Crippen LogP contribution in [0.1, 0.15) is 25.0 Å². The number of nitrogens with one attached hydrogen (secondary N) is 2. The van der Waals surface area contributed by atoms with Gasteiger partial charge in [0.15, 0.2) is 0 Å². The first kappa shape index (κ1) is 16.6. The molecule has 0 aromatic heterocycles. The Morgan fingerprint density at radius 2 is 1.73 bits per heavy atom. The Labute approximate surface area is 136 Å². The van der Waals surface area contributed by atoms with Gasteiger partial charge in [0, 0.05) is 23.1 Å². The summed E-state index contributed by atoms with van der Waals surface area (Å²) in [6.07, 6.45) is 0. The lowest BCUT2D eigenvalue weighted by atomic mass is 10.2. The molecule has 3 nitrogen and oxygen atoms in total. The minimum atomic E-state index is -0.0183. The molecular weight excluding hydrogens is 292 g/mol. The summed E-state index contributed by atoms with van der Waals surface area (Å²) < 4.78 is 0. The SMILES string of the molecule is CC(C)C(=O)NNCc1ccccc1SCc1ccccc1. The highest BCUT2D eigenvalue weighted by molar-refractivity contribution is 7.98. The van der Waals surface area contributed by atoms with Gasteiger partial charge >= 0.3 is 0 Å². The van der Waals surface area contributed by atoms with Crippen molar-refractivity contribution >= 4 is 17.7 Å². The summed E-state index contributed by atoms with van der Waals surface area (Å²) in [7, 11) is 0. The molecule has 2 N–H and O–H groups in total. The Balaban J connectivity index is 1.91. The highest BCUT2D eigenvalue weighted by Crippen LogP contribution is 2.26. The normalized spacial score (nSPS) is 10.7. The van der Waals surface area contributed by atoms with E-state index in [-0.39, 0.29) is 11.8 Å². The lowest BCUT2D eigenvalue weighted by Crippen LogP contribution is -2.39. The summed E-state index contributed by atoms with van der Waals surface area (Å²) in [5.74, 6) is 0.931. The zero-order chi connectivity index (χ0) is 15.8. The van der Waals surface area contributed by atoms with Crippen molar-refractivity contribution in [2.24, 2.45) is 5.92 Å². The van der Waals surface area contributed by atoms with E-state index in [1.54, 1.807) is 0 Å². The van der Waals surface area contributed by atoms with Gasteiger partial charge in [0.25, 0.3) is 0 Å². The predicted molar refractivity (Wildman–Crippen MR) is 92.3 cm³/mol.